The molecule has 4 aromatic rings. The van der Waals surface area contributed by atoms with Gasteiger partial charge < -0.3 is 15.1 Å². The number of anilines is 1. The Morgan fingerprint density at radius 3 is 2.05 bits per heavy atom. The number of hydrogen-bond donors (Lipinski definition) is 1. The summed E-state index contributed by atoms with van der Waals surface area (Å²) in [6.07, 6.45) is 0. The van der Waals surface area contributed by atoms with Crippen LogP contribution in [0.15, 0.2) is 96.4 Å². The molecule has 0 radical (unpaired) electrons. The van der Waals surface area contributed by atoms with E-state index < -0.39 is 11.8 Å². The minimum atomic E-state index is -0.821. The maximum Gasteiger partial charge on any atom is 0.188 e. The molecule has 0 spiro atoms. The van der Waals surface area contributed by atoms with Gasteiger partial charge in [-0.05, 0) is 11.0 Å². The Bertz CT molecular complexity index is 1370. The molecule has 0 bridgehead atoms. The maximum absolute atomic E-state index is 13.0. The van der Waals surface area contributed by atoms with E-state index in [9.17, 15) is 4.79 Å². The smallest absolute Gasteiger partial charge is 0.188 e. The molecule has 3 unspecified atom stereocenters. The fraction of sp³-hybridized carbons (Fsp3) is 0.267. The van der Waals surface area contributed by atoms with E-state index in [0.717, 1.165) is 17.2 Å². The molecule has 5 rings (SSSR count). The maximum atomic E-state index is 13.0. The van der Waals surface area contributed by atoms with Crippen molar-refractivity contribution >= 4 is 32.7 Å². The Balaban J connectivity index is 1.61. The molecular weight excluding hydrogens is 495 g/mol. The summed E-state index contributed by atoms with van der Waals surface area (Å²) in [5.41, 5.74) is 8.71. The van der Waals surface area contributed by atoms with Crippen LogP contribution in [0.4, 0.5) is 5.13 Å². The van der Waals surface area contributed by atoms with Gasteiger partial charge in [0.05, 0.1) is 11.1 Å². The summed E-state index contributed by atoms with van der Waals surface area (Å²) < 4.78 is 6.74. The number of carbonyl (C=O) groups excluding carboxylic acids is 1. The Morgan fingerprint density at radius 1 is 0.973 bits per heavy atom. The van der Waals surface area contributed by atoms with Crippen LogP contribution in [0.5, 0.6) is 0 Å². The summed E-state index contributed by atoms with van der Waals surface area (Å²) in [7, 11) is 0.528. The number of ketones is 1. The molecular formula is C30H33N3O2SSi. The van der Waals surface area contributed by atoms with Crippen LogP contribution < -0.4 is 10.6 Å². The summed E-state index contributed by atoms with van der Waals surface area (Å²) in [6, 6.07) is 29.5. The number of thiazole rings is 1. The minimum absolute atomic E-state index is 0.134. The van der Waals surface area contributed by atoms with Crippen LogP contribution in [-0.4, -0.2) is 27.8 Å². The third kappa shape index (κ3) is 3.89. The molecule has 37 heavy (non-hydrogen) atoms. The summed E-state index contributed by atoms with van der Waals surface area (Å²) in [6.45, 7) is 7.60. The minimum Gasteiger partial charge on any atom is -0.402 e. The number of nitrogens with zero attached hydrogens (tertiary/aromatic N) is 2. The molecule has 1 aliphatic rings. The zero-order valence-electron chi connectivity index (χ0n) is 21.7. The fourth-order valence-corrected chi connectivity index (χ4v) is 7.62. The monoisotopic (exact) mass is 527 g/mol. The highest BCUT2D eigenvalue weighted by molar-refractivity contribution is 7.13. The van der Waals surface area contributed by atoms with Crippen molar-refractivity contribution in [3.8, 4) is 0 Å². The van der Waals surface area contributed by atoms with Crippen LogP contribution in [0.25, 0.3) is 0 Å². The van der Waals surface area contributed by atoms with Crippen molar-refractivity contribution < 1.29 is 9.22 Å². The highest BCUT2D eigenvalue weighted by atomic mass is 32.1. The van der Waals surface area contributed by atoms with Crippen LogP contribution in [0.2, 0.25) is 0 Å². The Hall–Kier alpha value is -3.10. The van der Waals surface area contributed by atoms with Crippen LogP contribution in [0.3, 0.4) is 0 Å². The third-order valence-corrected chi connectivity index (χ3v) is 9.23. The van der Waals surface area contributed by atoms with Crippen molar-refractivity contribution in [3.63, 3.8) is 0 Å². The Kier molecular flexibility index (Phi) is 6.66. The second kappa shape index (κ2) is 9.65. The van der Waals surface area contributed by atoms with Gasteiger partial charge >= 0.3 is 0 Å². The molecule has 3 aromatic carbocycles. The van der Waals surface area contributed by atoms with Gasteiger partial charge in [-0.15, -0.1) is 11.3 Å². The number of hydrogen-bond acceptors (Lipinski definition) is 6. The third-order valence-electron chi connectivity index (χ3n) is 7.76. The largest absolute Gasteiger partial charge is 0.402 e. The molecule has 1 aromatic heterocycles. The van der Waals surface area contributed by atoms with E-state index in [4.69, 9.17) is 15.1 Å². The van der Waals surface area contributed by atoms with Gasteiger partial charge in [-0.1, -0.05) is 112 Å². The second-order valence-corrected chi connectivity index (χ2v) is 11.8. The predicted octanol–water partition coefficient (Wildman–Crippen LogP) is 4.98. The van der Waals surface area contributed by atoms with E-state index in [0.29, 0.717) is 21.7 Å². The predicted molar refractivity (Wildman–Crippen MR) is 154 cm³/mol. The van der Waals surface area contributed by atoms with Crippen molar-refractivity contribution in [2.75, 3.05) is 11.4 Å². The van der Waals surface area contributed by atoms with E-state index in [1.165, 1.54) is 16.9 Å². The molecule has 0 saturated carbocycles. The first-order valence-electron chi connectivity index (χ1n) is 12.5. The number of aromatic nitrogens is 1. The lowest BCUT2D eigenvalue weighted by Crippen LogP contribution is -2.79. The summed E-state index contributed by atoms with van der Waals surface area (Å²) in [5.74, 6) is -0.136. The first kappa shape index (κ1) is 25.5. The molecule has 0 aliphatic carbocycles. The van der Waals surface area contributed by atoms with Gasteiger partial charge in [-0.25, -0.2) is 4.98 Å². The molecule has 1 saturated heterocycles. The first-order chi connectivity index (χ1) is 17.8. The van der Waals surface area contributed by atoms with Gasteiger partial charge in [0.1, 0.15) is 16.5 Å². The molecule has 1 aliphatic heterocycles. The lowest BCUT2D eigenvalue weighted by Gasteiger charge is -2.70. The molecule has 2 heterocycles. The van der Waals surface area contributed by atoms with E-state index in [2.05, 4.69) is 80.3 Å². The lowest BCUT2D eigenvalue weighted by atomic mass is 9.50. The molecule has 2 N–H and O–H groups in total. The average Bonchev–Trinajstić information content (AvgIpc) is 3.38. The van der Waals surface area contributed by atoms with Crippen molar-refractivity contribution in [2.45, 2.75) is 38.0 Å². The van der Waals surface area contributed by atoms with Gasteiger partial charge in [0.15, 0.2) is 16.6 Å². The van der Waals surface area contributed by atoms with Gasteiger partial charge in [-0.3, -0.25) is 4.79 Å². The number of nitrogens with two attached hydrogens (primary N) is 1. The normalized spacial score (nSPS) is 22.4. The van der Waals surface area contributed by atoms with Gasteiger partial charge in [0.25, 0.3) is 0 Å². The number of benzene rings is 3. The molecule has 190 valence electrons. The second-order valence-electron chi connectivity index (χ2n) is 10.6. The quantitative estimate of drug-likeness (QED) is 0.271. The zero-order valence-corrected chi connectivity index (χ0v) is 24.5. The van der Waals surface area contributed by atoms with Crippen LogP contribution in [0.1, 0.15) is 54.0 Å². The van der Waals surface area contributed by atoms with Crippen LogP contribution in [0, 0.1) is 5.41 Å². The molecule has 7 heteroatoms. The van der Waals surface area contributed by atoms with Crippen molar-refractivity contribution in [3.05, 3.63) is 119 Å². The lowest BCUT2D eigenvalue weighted by molar-refractivity contribution is -0.130. The zero-order chi connectivity index (χ0) is 26.3. The highest BCUT2D eigenvalue weighted by Gasteiger charge is 2.71. The van der Waals surface area contributed by atoms with Crippen molar-refractivity contribution in [1.29, 1.82) is 0 Å². The van der Waals surface area contributed by atoms with Gasteiger partial charge in [0.2, 0.25) is 0 Å². The Labute approximate surface area is 225 Å². The SMILES string of the molecule is CC(C)(C)C1(c2ccccc2)CN(c2nc(C(N)C(=O)c3ccccc3)cs2)C1(O[SiH3])c1ccccc1. The van der Waals surface area contributed by atoms with Crippen LogP contribution >= 0.6 is 11.3 Å². The first-order valence-corrected chi connectivity index (χ1v) is 14.2. The van der Waals surface area contributed by atoms with Gasteiger partial charge in [-0.2, -0.15) is 0 Å². The van der Waals surface area contributed by atoms with Crippen molar-refractivity contribution in [1.82, 2.24) is 4.98 Å². The van der Waals surface area contributed by atoms with Crippen LogP contribution in [-0.2, 0) is 15.6 Å². The summed E-state index contributed by atoms with van der Waals surface area (Å²) in [5, 5.41) is 2.71. The number of Topliss-reactive ketones (excluding diaryl/α,β-unsaturated/α-hetero) is 1. The van der Waals surface area contributed by atoms with E-state index >= 15 is 0 Å². The van der Waals surface area contributed by atoms with E-state index in [-0.39, 0.29) is 16.6 Å². The summed E-state index contributed by atoms with van der Waals surface area (Å²) in [4.78, 5) is 20.2. The topological polar surface area (TPSA) is 68.5 Å². The van der Waals surface area contributed by atoms with E-state index in [1.54, 1.807) is 12.1 Å². The molecule has 1 fully saturated rings. The Morgan fingerprint density at radius 2 is 1.51 bits per heavy atom. The number of carbonyl (C=O) groups is 1. The highest BCUT2D eigenvalue weighted by Crippen LogP contribution is 2.64. The summed E-state index contributed by atoms with van der Waals surface area (Å²) >= 11 is 1.51. The molecule has 0 amide bonds. The van der Waals surface area contributed by atoms with E-state index in [1.807, 2.05) is 29.6 Å². The van der Waals surface area contributed by atoms with Crippen molar-refractivity contribution in [2.24, 2.45) is 11.1 Å². The molecule has 5 nitrogen and oxygen atoms in total. The standard InChI is InChI=1S/C30H33N3O2SSi/c1-28(2,3)29(22-15-9-5-10-16-22)20-33(30(29,35-37)23-17-11-6-12-18-23)27-32-24(19-36-27)25(31)26(34)21-13-7-4-8-14-21/h4-19,25H,20,31H2,1-3,37H3. The molecule has 3 atom stereocenters. The average molecular weight is 528 g/mol. The fourth-order valence-electron chi connectivity index (χ4n) is 5.91. The number of rotatable bonds is 7. The van der Waals surface area contributed by atoms with Gasteiger partial charge in [0, 0.05) is 23.1 Å².